The van der Waals surface area contributed by atoms with E-state index in [1.54, 1.807) is 4.90 Å². The Morgan fingerprint density at radius 2 is 2.06 bits per heavy atom. The maximum Gasteiger partial charge on any atom is 0.310 e. The lowest BCUT2D eigenvalue weighted by molar-refractivity contribution is -0.145. The van der Waals surface area contributed by atoms with E-state index in [0.29, 0.717) is 13.1 Å². The topological polar surface area (TPSA) is 46.6 Å². The number of rotatable bonds is 3. The molecule has 1 aromatic carbocycles. The Balaban J connectivity index is 2.00. The molecule has 0 spiro atoms. The van der Waals surface area contributed by atoms with Gasteiger partial charge in [-0.3, -0.25) is 9.59 Å². The van der Waals surface area contributed by atoms with Gasteiger partial charge in [-0.2, -0.15) is 0 Å². The lowest BCUT2D eigenvalue weighted by Crippen LogP contribution is -2.26. The summed E-state index contributed by atoms with van der Waals surface area (Å²) in [5.41, 5.74) is 2.28. The van der Waals surface area contributed by atoms with E-state index in [9.17, 15) is 9.59 Å². The first kappa shape index (κ1) is 12.6. The quantitative estimate of drug-likeness (QED) is 0.761. The van der Waals surface area contributed by atoms with Crippen LogP contribution >= 0.6 is 0 Å². The van der Waals surface area contributed by atoms with Crippen molar-refractivity contribution in [1.29, 1.82) is 0 Å². The summed E-state index contributed by atoms with van der Waals surface area (Å²) in [5, 5.41) is 0. The minimum absolute atomic E-state index is 0.0194. The molecule has 18 heavy (non-hydrogen) atoms. The number of amides is 1. The van der Waals surface area contributed by atoms with Crippen LogP contribution in [0.2, 0.25) is 0 Å². The third kappa shape index (κ3) is 2.70. The molecule has 0 aromatic heterocycles. The molecule has 1 heterocycles. The number of nitrogens with zero attached hydrogens (tertiary/aromatic N) is 1. The van der Waals surface area contributed by atoms with Crippen molar-refractivity contribution in [3.8, 4) is 0 Å². The number of benzene rings is 1. The zero-order valence-electron chi connectivity index (χ0n) is 10.7. The molecule has 1 saturated heterocycles. The van der Waals surface area contributed by atoms with Gasteiger partial charge in [0.1, 0.15) is 0 Å². The van der Waals surface area contributed by atoms with E-state index in [1.165, 1.54) is 12.7 Å². The molecule has 0 aliphatic carbocycles. The molecule has 96 valence electrons. The fourth-order valence-corrected chi connectivity index (χ4v) is 2.16. The van der Waals surface area contributed by atoms with E-state index < -0.39 is 0 Å². The van der Waals surface area contributed by atoms with E-state index in [4.69, 9.17) is 0 Å². The first-order chi connectivity index (χ1) is 8.60. The summed E-state index contributed by atoms with van der Waals surface area (Å²) >= 11 is 0. The van der Waals surface area contributed by atoms with Crippen LogP contribution in [0.25, 0.3) is 0 Å². The summed E-state index contributed by atoms with van der Waals surface area (Å²) < 4.78 is 4.68. The monoisotopic (exact) mass is 247 g/mol. The summed E-state index contributed by atoms with van der Waals surface area (Å²) in [6, 6.07) is 8.06. The highest BCUT2D eigenvalue weighted by Gasteiger charge is 2.34. The standard InChI is InChI=1S/C14H17NO3/c1-10-3-5-11(6-4-10)8-15-9-12(7-13(15)16)14(17)18-2/h3-6,12H,7-9H2,1-2H3. The smallest absolute Gasteiger partial charge is 0.310 e. The fraction of sp³-hybridized carbons (Fsp3) is 0.429. The largest absolute Gasteiger partial charge is 0.469 e. The number of hydrogen-bond donors (Lipinski definition) is 0. The van der Waals surface area contributed by atoms with Crippen LogP contribution in [0.15, 0.2) is 24.3 Å². The van der Waals surface area contributed by atoms with E-state index in [1.807, 2.05) is 31.2 Å². The Labute approximate surface area is 107 Å². The van der Waals surface area contributed by atoms with Crippen LogP contribution in [-0.4, -0.2) is 30.4 Å². The van der Waals surface area contributed by atoms with Gasteiger partial charge in [-0.1, -0.05) is 29.8 Å². The molecule has 1 fully saturated rings. The van der Waals surface area contributed by atoms with Crippen LogP contribution in [0.5, 0.6) is 0 Å². The lowest BCUT2D eigenvalue weighted by Gasteiger charge is -2.16. The molecule has 0 N–H and O–H groups in total. The summed E-state index contributed by atoms with van der Waals surface area (Å²) in [6.07, 6.45) is 0.262. The highest BCUT2D eigenvalue weighted by molar-refractivity contribution is 5.86. The molecule has 0 saturated carbocycles. The van der Waals surface area contributed by atoms with Crippen molar-refractivity contribution in [3.63, 3.8) is 0 Å². The van der Waals surface area contributed by atoms with Gasteiger partial charge in [0.2, 0.25) is 5.91 Å². The predicted octanol–water partition coefficient (Wildman–Crippen LogP) is 1.52. The van der Waals surface area contributed by atoms with Gasteiger partial charge in [-0.25, -0.2) is 0 Å². The lowest BCUT2D eigenvalue weighted by atomic mass is 10.1. The van der Waals surface area contributed by atoms with E-state index in [0.717, 1.165) is 5.56 Å². The highest BCUT2D eigenvalue weighted by Crippen LogP contribution is 2.21. The van der Waals surface area contributed by atoms with Crippen LogP contribution in [0.1, 0.15) is 17.5 Å². The van der Waals surface area contributed by atoms with Crippen LogP contribution < -0.4 is 0 Å². The Morgan fingerprint density at radius 3 is 2.67 bits per heavy atom. The van der Waals surface area contributed by atoms with Crippen molar-refractivity contribution in [1.82, 2.24) is 4.90 Å². The second-order valence-corrected chi connectivity index (χ2v) is 4.68. The second-order valence-electron chi connectivity index (χ2n) is 4.68. The predicted molar refractivity (Wildman–Crippen MR) is 66.7 cm³/mol. The molecule has 0 radical (unpaired) electrons. The highest BCUT2D eigenvalue weighted by atomic mass is 16.5. The number of aryl methyl sites for hydroxylation is 1. The molecule has 1 aromatic rings. The second kappa shape index (κ2) is 5.21. The van der Waals surface area contributed by atoms with E-state index in [2.05, 4.69) is 4.74 Å². The molecule has 1 unspecified atom stereocenters. The number of ether oxygens (including phenoxy) is 1. The molecule has 4 nitrogen and oxygen atoms in total. The number of carbonyl (C=O) groups excluding carboxylic acids is 2. The Hall–Kier alpha value is -1.84. The van der Waals surface area contributed by atoms with Gasteiger partial charge < -0.3 is 9.64 Å². The minimum Gasteiger partial charge on any atom is -0.469 e. The summed E-state index contributed by atoms with van der Waals surface area (Å²) in [7, 11) is 1.36. The third-order valence-corrected chi connectivity index (χ3v) is 3.24. The number of esters is 1. The SMILES string of the molecule is COC(=O)C1CC(=O)N(Cc2ccc(C)cc2)C1. The van der Waals surface area contributed by atoms with Crippen molar-refractivity contribution in [2.24, 2.45) is 5.92 Å². The summed E-state index contributed by atoms with van der Waals surface area (Å²) in [4.78, 5) is 24.9. The molecule has 1 aliphatic rings. The Kier molecular flexibility index (Phi) is 3.65. The maximum atomic E-state index is 11.8. The van der Waals surface area contributed by atoms with Crippen molar-refractivity contribution in [2.75, 3.05) is 13.7 Å². The van der Waals surface area contributed by atoms with Crippen LogP contribution in [0.4, 0.5) is 0 Å². The molecular formula is C14H17NO3. The average Bonchev–Trinajstić information content (AvgIpc) is 2.73. The molecule has 4 heteroatoms. The molecule has 0 bridgehead atoms. The maximum absolute atomic E-state index is 11.8. The number of carbonyl (C=O) groups is 2. The van der Waals surface area contributed by atoms with Crippen molar-refractivity contribution in [2.45, 2.75) is 19.9 Å². The average molecular weight is 247 g/mol. The summed E-state index contributed by atoms with van der Waals surface area (Å²) in [5.74, 6) is -0.589. The fourth-order valence-electron chi connectivity index (χ4n) is 2.16. The third-order valence-electron chi connectivity index (χ3n) is 3.24. The first-order valence-electron chi connectivity index (χ1n) is 6.01. The normalized spacial score (nSPS) is 19.1. The number of hydrogen-bond acceptors (Lipinski definition) is 3. The van der Waals surface area contributed by atoms with E-state index in [-0.39, 0.29) is 24.2 Å². The van der Waals surface area contributed by atoms with Gasteiger partial charge in [0, 0.05) is 19.5 Å². The van der Waals surface area contributed by atoms with Crippen LogP contribution in [0, 0.1) is 12.8 Å². The molecule has 1 aliphatic heterocycles. The first-order valence-corrected chi connectivity index (χ1v) is 6.01. The number of methoxy groups -OCH3 is 1. The van der Waals surface area contributed by atoms with Gasteiger partial charge in [0.25, 0.3) is 0 Å². The van der Waals surface area contributed by atoms with Crippen molar-refractivity contribution < 1.29 is 14.3 Å². The van der Waals surface area contributed by atoms with Crippen LogP contribution in [0.3, 0.4) is 0 Å². The zero-order valence-corrected chi connectivity index (χ0v) is 10.7. The van der Waals surface area contributed by atoms with E-state index >= 15 is 0 Å². The molecular weight excluding hydrogens is 230 g/mol. The van der Waals surface area contributed by atoms with Gasteiger partial charge >= 0.3 is 5.97 Å². The van der Waals surface area contributed by atoms with Gasteiger partial charge in [0.05, 0.1) is 13.0 Å². The number of likely N-dealkylation sites (tertiary alicyclic amines) is 1. The van der Waals surface area contributed by atoms with Gasteiger partial charge in [-0.15, -0.1) is 0 Å². The van der Waals surface area contributed by atoms with Gasteiger partial charge in [0.15, 0.2) is 0 Å². The van der Waals surface area contributed by atoms with Gasteiger partial charge in [-0.05, 0) is 12.5 Å². The Morgan fingerprint density at radius 1 is 1.39 bits per heavy atom. The molecule has 1 atom stereocenters. The minimum atomic E-state index is -0.312. The van der Waals surface area contributed by atoms with Crippen LogP contribution in [-0.2, 0) is 20.9 Å². The van der Waals surface area contributed by atoms with Crippen molar-refractivity contribution in [3.05, 3.63) is 35.4 Å². The summed E-state index contributed by atoms with van der Waals surface area (Å²) in [6.45, 7) is 3.05. The molecule has 2 rings (SSSR count). The molecule has 1 amide bonds. The Bertz CT molecular complexity index is 453. The zero-order chi connectivity index (χ0) is 13.1. The van der Waals surface area contributed by atoms with Crippen molar-refractivity contribution >= 4 is 11.9 Å².